The molecule has 0 bridgehead atoms. The maximum absolute atomic E-state index is 5.51. The summed E-state index contributed by atoms with van der Waals surface area (Å²) in [5, 5.41) is 6.49. The number of pyridine rings is 1. The van der Waals surface area contributed by atoms with E-state index in [1.165, 1.54) is 0 Å². The smallest absolute Gasteiger partial charge is 0.128 e. The van der Waals surface area contributed by atoms with Gasteiger partial charge in [-0.1, -0.05) is 6.07 Å². The topological polar surface area (TPSA) is 46.2 Å². The molecule has 1 unspecified atom stereocenters. The van der Waals surface area contributed by atoms with Gasteiger partial charge in [0.25, 0.3) is 0 Å². The van der Waals surface area contributed by atoms with Crippen molar-refractivity contribution in [1.29, 1.82) is 0 Å². The Hall–Kier alpha value is -1.29. The van der Waals surface area contributed by atoms with E-state index in [0.29, 0.717) is 0 Å². The molecule has 2 heterocycles. The van der Waals surface area contributed by atoms with Gasteiger partial charge >= 0.3 is 0 Å². The van der Waals surface area contributed by atoms with Crippen molar-refractivity contribution in [2.45, 2.75) is 25.3 Å². The summed E-state index contributed by atoms with van der Waals surface area (Å²) in [5.41, 5.74) is 0.0115. The van der Waals surface area contributed by atoms with Crippen LogP contribution in [0, 0.1) is 0 Å². The van der Waals surface area contributed by atoms with Crippen molar-refractivity contribution in [2.75, 3.05) is 30.9 Å². The van der Waals surface area contributed by atoms with E-state index in [1.54, 1.807) is 0 Å². The second-order valence-corrected chi connectivity index (χ2v) is 4.50. The van der Waals surface area contributed by atoms with Crippen LogP contribution in [0.15, 0.2) is 18.2 Å². The molecule has 0 radical (unpaired) electrons. The highest BCUT2D eigenvalue weighted by Gasteiger charge is 2.27. The lowest BCUT2D eigenvalue weighted by atomic mass is 9.95. The van der Waals surface area contributed by atoms with E-state index in [2.05, 4.69) is 22.5 Å². The minimum Gasteiger partial charge on any atom is -0.379 e. The van der Waals surface area contributed by atoms with Crippen LogP contribution >= 0.6 is 0 Å². The number of nitrogens with zero attached hydrogens (tertiary/aromatic N) is 1. The first-order valence-electron chi connectivity index (χ1n) is 5.73. The molecular weight excluding hydrogens is 202 g/mol. The summed E-state index contributed by atoms with van der Waals surface area (Å²) >= 11 is 0. The molecule has 4 nitrogen and oxygen atoms in total. The van der Waals surface area contributed by atoms with Gasteiger partial charge in [0.05, 0.1) is 12.1 Å². The first kappa shape index (κ1) is 11.2. The number of aromatic nitrogens is 1. The van der Waals surface area contributed by atoms with Gasteiger partial charge in [0.15, 0.2) is 0 Å². The van der Waals surface area contributed by atoms with Gasteiger partial charge in [-0.05, 0) is 31.9 Å². The Morgan fingerprint density at radius 2 is 2.19 bits per heavy atom. The summed E-state index contributed by atoms with van der Waals surface area (Å²) in [5.74, 6) is 1.78. The second-order valence-electron chi connectivity index (χ2n) is 4.50. The lowest BCUT2D eigenvalue weighted by Gasteiger charge is -2.34. The number of rotatable bonds is 3. The van der Waals surface area contributed by atoms with Crippen molar-refractivity contribution in [1.82, 2.24) is 4.98 Å². The highest BCUT2D eigenvalue weighted by atomic mass is 16.5. The minimum absolute atomic E-state index is 0.0115. The van der Waals surface area contributed by atoms with E-state index in [-0.39, 0.29) is 5.54 Å². The van der Waals surface area contributed by atoms with Gasteiger partial charge in [-0.3, -0.25) is 0 Å². The van der Waals surface area contributed by atoms with Crippen LogP contribution in [0.2, 0.25) is 0 Å². The fourth-order valence-corrected chi connectivity index (χ4v) is 1.99. The predicted molar refractivity (Wildman–Crippen MR) is 65.9 cm³/mol. The summed E-state index contributed by atoms with van der Waals surface area (Å²) < 4.78 is 5.51. The third kappa shape index (κ3) is 2.64. The SMILES string of the molecule is CNc1cccc(NC2(C)CCCOC2)n1. The van der Waals surface area contributed by atoms with Crippen LogP contribution in [-0.2, 0) is 4.74 Å². The molecule has 1 aliphatic rings. The summed E-state index contributed by atoms with van der Waals surface area (Å²) in [6.45, 7) is 3.81. The fraction of sp³-hybridized carbons (Fsp3) is 0.583. The van der Waals surface area contributed by atoms with Crippen molar-refractivity contribution in [3.63, 3.8) is 0 Å². The molecule has 1 aliphatic heterocycles. The first-order valence-corrected chi connectivity index (χ1v) is 5.73. The monoisotopic (exact) mass is 221 g/mol. The van der Waals surface area contributed by atoms with E-state index in [4.69, 9.17) is 4.74 Å². The number of nitrogens with one attached hydrogen (secondary N) is 2. The highest BCUT2D eigenvalue weighted by Crippen LogP contribution is 2.23. The van der Waals surface area contributed by atoms with Gasteiger partial charge in [0, 0.05) is 13.7 Å². The Bertz CT molecular complexity index is 348. The number of ether oxygens (including phenoxy) is 1. The number of anilines is 2. The number of hydrogen-bond acceptors (Lipinski definition) is 4. The molecule has 0 aromatic carbocycles. The highest BCUT2D eigenvalue weighted by molar-refractivity contribution is 5.46. The van der Waals surface area contributed by atoms with Gasteiger partial charge in [-0.2, -0.15) is 0 Å². The van der Waals surface area contributed by atoms with Crippen LogP contribution in [0.4, 0.5) is 11.6 Å². The van der Waals surface area contributed by atoms with Crippen molar-refractivity contribution in [2.24, 2.45) is 0 Å². The Kier molecular flexibility index (Phi) is 3.29. The molecule has 1 atom stereocenters. The quantitative estimate of drug-likeness (QED) is 0.820. The summed E-state index contributed by atoms with van der Waals surface area (Å²) in [7, 11) is 1.87. The average Bonchev–Trinajstić information content (AvgIpc) is 2.29. The molecule has 1 aromatic heterocycles. The second kappa shape index (κ2) is 4.70. The third-order valence-electron chi connectivity index (χ3n) is 2.87. The Labute approximate surface area is 96.4 Å². The Balaban J connectivity index is 2.07. The molecule has 16 heavy (non-hydrogen) atoms. The molecule has 0 saturated carbocycles. The minimum atomic E-state index is 0.0115. The van der Waals surface area contributed by atoms with Crippen LogP contribution < -0.4 is 10.6 Å². The zero-order chi connectivity index (χ0) is 11.4. The molecule has 4 heteroatoms. The maximum Gasteiger partial charge on any atom is 0.128 e. The van der Waals surface area contributed by atoms with Gasteiger partial charge in [-0.25, -0.2) is 4.98 Å². The van der Waals surface area contributed by atoms with E-state index in [0.717, 1.165) is 37.7 Å². The van der Waals surface area contributed by atoms with Crippen molar-refractivity contribution in [3.05, 3.63) is 18.2 Å². The molecule has 0 amide bonds. The van der Waals surface area contributed by atoms with Crippen LogP contribution in [0.3, 0.4) is 0 Å². The van der Waals surface area contributed by atoms with Crippen LogP contribution in [-0.4, -0.2) is 30.8 Å². The van der Waals surface area contributed by atoms with Gasteiger partial charge in [-0.15, -0.1) is 0 Å². The molecule has 88 valence electrons. The largest absolute Gasteiger partial charge is 0.379 e. The average molecular weight is 221 g/mol. The molecule has 0 spiro atoms. The first-order chi connectivity index (χ1) is 7.72. The molecule has 2 N–H and O–H groups in total. The van der Waals surface area contributed by atoms with Crippen molar-refractivity contribution < 1.29 is 4.74 Å². The summed E-state index contributed by atoms with van der Waals surface area (Å²) in [6, 6.07) is 5.93. The lowest BCUT2D eigenvalue weighted by Crippen LogP contribution is -2.43. The molecule has 0 aliphatic carbocycles. The predicted octanol–water partition coefficient (Wildman–Crippen LogP) is 2.10. The summed E-state index contributed by atoms with van der Waals surface area (Å²) in [6.07, 6.45) is 2.23. The number of hydrogen-bond donors (Lipinski definition) is 2. The van der Waals surface area contributed by atoms with E-state index in [1.807, 2.05) is 25.2 Å². The zero-order valence-electron chi connectivity index (χ0n) is 9.92. The van der Waals surface area contributed by atoms with Crippen molar-refractivity contribution in [3.8, 4) is 0 Å². The lowest BCUT2D eigenvalue weighted by molar-refractivity contribution is 0.0539. The van der Waals surface area contributed by atoms with Crippen LogP contribution in [0.5, 0.6) is 0 Å². The third-order valence-corrected chi connectivity index (χ3v) is 2.87. The fourth-order valence-electron chi connectivity index (χ4n) is 1.99. The Morgan fingerprint density at radius 1 is 1.38 bits per heavy atom. The van der Waals surface area contributed by atoms with E-state index >= 15 is 0 Å². The van der Waals surface area contributed by atoms with Crippen molar-refractivity contribution >= 4 is 11.6 Å². The molecule has 1 aromatic rings. The maximum atomic E-state index is 5.51. The van der Waals surface area contributed by atoms with Crippen LogP contribution in [0.1, 0.15) is 19.8 Å². The van der Waals surface area contributed by atoms with E-state index < -0.39 is 0 Å². The zero-order valence-corrected chi connectivity index (χ0v) is 9.92. The van der Waals surface area contributed by atoms with Gasteiger partial charge in [0.2, 0.25) is 0 Å². The van der Waals surface area contributed by atoms with Crippen LogP contribution in [0.25, 0.3) is 0 Å². The van der Waals surface area contributed by atoms with Gasteiger partial charge < -0.3 is 15.4 Å². The normalized spacial score (nSPS) is 25.1. The van der Waals surface area contributed by atoms with Gasteiger partial charge in [0.1, 0.15) is 11.6 Å². The molecule has 2 rings (SSSR count). The Morgan fingerprint density at radius 3 is 2.88 bits per heavy atom. The standard InChI is InChI=1S/C12H19N3O/c1-12(7-4-8-16-9-12)15-11-6-3-5-10(13-2)14-11/h3,5-6H,4,7-9H2,1-2H3,(H2,13,14,15). The summed E-state index contributed by atoms with van der Waals surface area (Å²) in [4.78, 5) is 4.45. The van der Waals surface area contributed by atoms with E-state index in [9.17, 15) is 0 Å². The molecule has 1 saturated heterocycles. The molecule has 1 fully saturated rings. The molecular formula is C12H19N3O.